The maximum Gasteiger partial charge on any atom is 0.272 e. The number of alkyl halides is 1. The first-order valence-electron chi connectivity index (χ1n) is 5.23. The summed E-state index contributed by atoms with van der Waals surface area (Å²) in [4.78, 5) is 0. The van der Waals surface area contributed by atoms with Crippen LogP contribution >= 0.6 is 15.9 Å². The third-order valence-corrected chi connectivity index (χ3v) is 5.46. The van der Waals surface area contributed by atoms with Gasteiger partial charge in [-0.2, -0.15) is 0 Å². The smallest absolute Gasteiger partial charge is 0.272 e. The van der Waals surface area contributed by atoms with Crippen LogP contribution in [0.1, 0.15) is 20.3 Å². The summed E-state index contributed by atoms with van der Waals surface area (Å²) in [6.07, 6.45) is -0.152. The van der Waals surface area contributed by atoms with E-state index in [4.69, 9.17) is 14.2 Å². The van der Waals surface area contributed by atoms with Gasteiger partial charge in [-0.1, -0.05) is 22.9 Å². The van der Waals surface area contributed by atoms with E-state index in [1.807, 2.05) is 0 Å². The van der Waals surface area contributed by atoms with E-state index in [2.05, 4.69) is 29.8 Å². The van der Waals surface area contributed by atoms with Crippen molar-refractivity contribution in [2.24, 2.45) is 5.41 Å². The van der Waals surface area contributed by atoms with Crippen molar-refractivity contribution in [3.63, 3.8) is 0 Å². The fraction of sp³-hybridized carbons (Fsp3) is 1.00. The molecule has 1 aliphatic carbocycles. The van der Waals surface area contributed by atoms with Gasteiger partial charge in [0.2, 0.25) is 0 Å². The fourth-order valence-corrected chi connectivity index (χ4v) is 3.84. The van der Waals surface area contributed by atoms with Crippen LogP contribution in [0.15, 0.2) is 0 Å². The van der Waals surface area contributed by atoms with Crippen LogP contribution in [0.2, 0.25) is 0 Å². The van der Waals surface area contributed by atoms with Gasteiger partial charge in [-0.3, -0.25) is 0 Å². The first-order valence-corrected chi connectivity index (χ1v) is 6.35. The van der Waals surface area contributed by atoms with E-state index in [1.54, 1.807) is 0 Å². The molecule has 1 N–H and O–H groups in total. The molecule has 1 saturated carbocycles. The Balaban J connectivity index is 2.05. The molecule has 86 valence electrons. The molecule has 15 heavy (non-hydrogen) atoms. The zero-order valence-electron chi connectivity index (χ0n) is 8.77. The van der Waals surface area contributed by atoms with E-state index in [-0.39, 0.29) is 23.2 Å². The van der Waals surface area contributed by atoms with Gasteiger partial charge in [-0.05, 0) is 6.92 Å². The monoisotopic (exact) mass is 278 g/mol. The second kappa shape index (κ2) is 2.96. The molecule has 3 aliphatic heterocycles. The lowest BCUT2D eigenvalue weighted by atomic mass is 9.61. The van der Waals surface area contributed by atoms with Gasteiger partial charge in [0, 0.05) is 17.2 Å². The third-order valence-electron chi connectivity index (χ3n) is 4.30. The lowest BCUT2D eigenvalue weighted by Crippen LogP contribution is -2.76. The molecule has 6 unspecified atom stereocenters. The molecule has 4 rings (SSSR count). The molecule has 4 bridgehead atoms. The van der Waals surface area contributed by atoms with Crippen molar-refractivity contribution in [3.8, 4) is 0 Å². The van der Waals surface area contributed by atoms with Crippen molar-refractivity contribution in [1.82, 2.24) is 0 Å². The summed E-state index contributed by atoms with van der Waals surface area (Å²) in [6, 6.07) is 0. The SMILES string of the molecule is CC12CC3OC(OC(C3O)C1(C)CBr)O2. The van der Waals surface area contributed by atoms with Crippen molar-refractivity contribution in [2.75, 3.05) is 5.33 Å². The summed E-state index contributed by atoms with van der Waals surface area (Å²) in [7, 11) is 0. The Morgan fingerprint density at radius 2 is 2.13 bits per heavy atom. The highest BCUT2D eigenvalue weighted by atomic mass is 79.9. The van der Waals surface area contributed by atoms with Crippen LogP contribution < -0.4 is 0 Å². The second-order valence-electron chi connectivity index (χ2n) is 5.11. The number of rotatable bonds is 1. The highest BCUT2D eigenvalue weighted by Gasteiger charge is 2.67. The fourth-order valence-electron chi connectivity index (χ4n) is 2.93. The highest BCUT2D eigenvalue weighted by molar-refractivity contribution is 9.09. The Morgan fingerprint density at radius 1 is 1.40 bits per heavy atom. The molecule has 4 nitrogen and oxygen atoms in total. The number of hydrogen-bond acceptors (Lipinski definition) is 4. The molecule has 5 heteroatoms. The van der Waals surface area contributed by atoms with Crippen molar-refractivity contribution in [3.05, 3.63) is 0 Å². The minimum absolute atomic E-state index is 0.139. The molecule has 6 atom stereocenters. The Labute approximate surface area is 97.0 Å². The predicted molar refractivity (Wildman–Crippen MR) is 55.5 cm³/mol. The zero-order valence-corrected chi connectivity index (χ0v) is 10.4. The lowest BCUT2D eigenvalue weighted by Gasteiger charge is -2.64. The summed E-state index contributed by atoms with van der Waals surface area (Å²) >= 11 is 3.51. The molecule has 0 aromatic heterocycles. The first kappa shape index (κ1) is 10.5. The summed E-state index contributed by atoms with van der Waals surface area (Å²) in [5.74, 6) is 0. The van der Waals surface area contributed by atoms with Crippen molar-refractivity contribution in [2.45, 2.75) is 50.7 Å². The van der Waals surface area contributed by atoms with Gasteiger partial charge in [0.05, 0.1) is 11.7 Å². The minimum atomic E-state index is -0.589. The largest absolute Gasteiger partial charge is 0.388 e. The molecule has 4 fully saturated rings. The molecule has 0 spiro atoms. The maximum absolute atomic E-state index is 10.1. The predicted octanol–water partition coefficient (Wildman–Crippen LogP) is 1.01. The molecular formula is C10H15BrO4. The summed E-state index contributed by atoms with van der Waals surface area (Å²) < 4.78 is 16.8. The van der Waals surface area contributed by atoms with Gasteiger partial charge >= 0.3 is 0 Å². The lowest BCUT2D eigenvalue weighted by molar-refractivity contribution is -0.495. The minimum Gasteiger partial charge on any atom is -0.388 e. The van der Waals surface area contributed by atoms with Crippen molar-refractivity contribution in [1.29, 1.82) is 0 Å². The van der Waals surface area contributed by atoms with Gasteiger partial charge in [0.1, 0.15) is 12.2 Å². The topological polar surface area (TPSA) is 47.9 Å². The molecule has 0 aromatic rings. The van der Waals surface area contributed by atoms with Crippen LogP contribution in [0.25, 0.3) is 0 Å². The normalized spacial score (nSPS) is 62.4. The van der Waals surface area contributed by atoms with E-state index < -0.39 is 12.6 Å². The van der Waals surface area contributed by atoms with E-state index >= 15 is 0 Å². The van der Waals surface area contributed by atoms with Gasteiger partial charge < -0.3 is 19.3 Å². The van der Waals surface area contributed by atoms with Crippen molar-refractivity contribution < 1.29 is 19.3 Å². The van der Waals surface area contributed by atoms with Crippen LogP contribution in [-0.4, -0.2) is 40.8 Å². The highest BCUT2D eigenvalue weighted by Crippen LogP contribution is 2.56. The molecule has 3 heterocycles. The Kier molecular flexibility index (Phi) is 2.06. The number of hydrogen-bond donors (Lipinski definition) is 1. The molecule has 4 aliphatic rings. The number of aliphatic hydroxyl groups excluding tert-OH is 1. The van der Waals surface area contributed by atoms with Gasteiger partial charge in [-0.15, -0.1) is 0 Å². The quantitative estimate of drug-likeness (QED) is 0.728. The first-order chi connectivity index (χ1) is 7.00. The van der Waals surface area contributed by atoms with Crippen LogP contribution in [0.3, 0.4) is 0 Å². The summed E-state index contributed by atoms with van der Waals surface area (Å²) in [6.45, 7) is 3.58. The van der Waals surface area contributed by atoms with Crippen LogP contribution in [-0.2, 0) is 14.2 Å². The number of ether oxygens (including phenoxy) is 3. The van der Waals surface area contributed by atoms with Gasteiger partial charge in [0.15, 0.2) is 0 Å². The van der Waals surface area contributed by atoms with E-state index in [0.29, 0.717) is 0 Å². The molecule has 0 aromatic carbocycles. The van der Waals surface area contributed by atoms with Gasteiger partial charge in [0.25, 0.3) is 6.48 Å². The Hall–Kier alpha value is 0.320. The maximum atomic E-state index is 10.1. The Morgan fingerprint density at radius 3 is 2.80 bits per heavy atom. The standard InChI is InChI=1S/C10H15BrO4/c1-9(4-11)7-6(12)5-3-10(9,2)15-8(13-5)14-7/h5-8,12H,3-4H2,1-2H3. The summed E-state index contributed by atoms with van der Waals surface area (Å²) in [5, 5.41) is 10.8. The van der Waals surface area contributed by atoms with E-state index in [9.17, 15) is 5.11 Å². The Bertz CT molecular complexity index is 299. The third kappa shape index (κ3) is 1.11. The number of halogens is 1. The van der Waals surface area contributed by atoms with E-state index in [1.165, 1.54) is 0 Å². The van der Waals surface area contributed by atoms with Crippen LogP contribution in [0.5, 0.6) is 0 Å². The van der Waals surface area contributed by atoms with Crippen LogP contribution in [0, 0.1) is 5.41 Å². The average Bonchev–Trinajstić information content (AvgIpc) is 2.20. The average molecular weight is 279 g/mol. The van der Waals surface area contributed by atoms with Crippen LogP contribution in [0.4, 0.5) is 0 Å². The van der Waals surface area contributed by atoms with Gasteiger partial charge in [-0.25, -0.2) is 0 Å². The molecule has 0 radical (unpaired) electrons. The number of aliphatic hydroxyl groups is 1. The summed E-state index contributed by atoms with van der Waals surface area (Å²) in [5.41, 5.74) is -0.477. The molecular weight excluding hydrogens is 264 g/mol. The zero-order chi connectivity index (χ0) is 10.8. The molecule has 3 saturated heterocycles. The van der Waals surface area contributed by atoms with E-state index in [0.717, 1.165) is 11.8 Å². The molecule has 0 amide bonds. The van der Waals surface area contributed by atoms with Crippen molar-refractivity contribution >= 4 is 15.9 Å². The second-order valence-corrected chi connectivity index (χ2v) is 5.68.